The minimum Gasteiger partial charge on any atom is -0.497 e. The summed E-state index contributed by atoms with van der Waals surface area (Å²) in [5, 5.41) is 11.1. The highest BCUT2D eigenvalue weighted by molar-refractivity contribution is 5.78. The molecule has 0 fully saturated rings. The second kappa shape index (κ2) is 5.09. The highest BCUT2D eigenvalue weighted by Crippen LogP contribution is 2.50. The minimum atomic E-state index is -1.22. The SMILES string of the molecule is CCOC(=O)C(C)(C)C1(O)CCc2ccc(OC)cc21. The van der Waals surface area contributed by atoms with E-state index in [2.05, 4.69) is 0 Å². The van der Waals surface area contributed by atoms with Gasteiger partial charge in [-0.2, -0.15) is 0 Å². The monoisotopic (exact) mass is 278 g/mol. The van der Waals surface area contributed by atoms with Gasteiger partial charge in [0.2, 0.25) is 0 Å². The van der Waals surface area contributed by atoms with Crippen molar-refractivity contribution >= 4 is 5.97 Å². The van der Waals surface area contributed by atoms with Crippen LogP contribution in [0.25, 0.3) is 0 Å². The molecule has 0 saturated carbocycles. The molecule has 0 radical (unpaired) electrons. The summed E-state index contributed by atoms with van der Waals surface area (Å²) >= 11 is 0. The number of benzene rings is 1. The Morgan fingerprint density at radius 1 is 1.45 bits per heavy atom. The number of fused-ring (bicyclic) bond motifs is 1. The maximum absolute atomic E-state index is 12.2. The maximum atomic E-state index is 12.2. The Balaban J connectivity index is 2.46. The van der Waals surface area contributed by atoms with E-state index in [1.54, 1.807) is 27.9 Å². The van der Waals surface area contributed by atoms with Crippen molar-refractivity contribution < 1.29 is 19.4 Å². The van der Waals surface area contributed by atoms with Crippen LogP contribution in [0.3, 0.4) is 0 Å². The van der Waals surface area contributed by atoms with Gasteiger partial charge in [-0.1, -0.05) is 6.07 Å². The summed E-state index contributed by atoms with van der Waals surface area (Å²) in [7, 11) is 1.59. The van der Waals surface area contributed by atoms with Gasteiger partial charge < -0.3 is 14.6 Å². The molecule has 1 aliphatic rings. The number of esters is 1. The molecule has 0 heterocycles. The van der Waals surface area contributed by atoms with Crippen LogP contribution in [0.2, 0.25) is 0 Å². The molecule has 0 spiro atoms. The molecule has 1 N–H and O–H groups in total. The second-order valence-corrected chi connectivity index (χ2v) is 5.73. The number of methoxy groups -OCH3 is 1. The lowest BCUT2D eigenvalue weighted by Crippen LogP contribution is -2.46. The van der Waals surface area contributed by atoms with Crippen molar-refractivity contribution in [1.82, 2.24) is 0 Å². The van der Waals surface area contributed by atoms with E-state index in [-0.39, 0.29) is 5.97 Å². The third kappa shape index (κ3) is 2.08. The lowest BCUT2D eigenvalue weighted by Gasteiger charge is -2.38. The van der Waals surface area contributed by atoms with Crippen LogP contribution in [0.5, 0.6) is 5.75 Å². The van der Waals surface area contributed by atoms with Gasteiger partial charge in [-0.3, -0.25) is 4.79 Å². The van der Waals surface area contributed by atoms with Crippen LogP contribution in [0.4, 0.5) is 0 Å². The van der Waals surface area contributed by atoms with Crippen LogP contribution < -0.4 is 4.74 Å². The molecule has 4 nitrogen and oxygen atoms in total. The molecular weight excluding hydrogens is 256 g/mol. The minimum absolute atomic E-state index is 0.309. The average molecular weight is 278 g/mol. The molecule has 1 aromatic rings. The van der Waals surface area contributed by atoms with Gasteiger partial charge >= 0.3 is 5.97 Å². The van der Waals surface area contributed by atoms with Gasteiger partial charge in [-0.25, -0.2) is 0 Å². The first-order chi connectivity index (χ1) is 9.36. The highest BCUT2D eigenvalue weighted by atomic mass is 16.5. The van der Waals surface area contributed by atoms with E-state index in [0.717, 1.165) is 17.5 Å². The molecule has 2 rings (SSSR count). The highest BCUT2D eigenvalue weighted by Gasteiger charge is 2.54. The molecule has 110 valence electrons. The molecule has 4 heteroatoms. The molecule has 0 aliphatic heterocycles. The van der Waals surface area contributed by atoms with Crippen molar-refractivity contribution in [3.05, 3.63) is 29.3 Å². The zero-order valence-corrected chi connectivity index (χ0v) is 12.5. The largest absolute Gasteiger partial charge is 0.497 e. The zero-order valence-electron chi connectivity index (χ0n) is 12.5. The van der Waals surface area contributed by atoms with Crippen molar-refractivity contribution in [2.75, 3.05) is 13.7 Å². The molecule has 0 bridgehead atoms. The Hall–Kier alpha value is -1.55. The molecule has 1 aromatic carbocycles. The topological polar surface area (TPSA) is 55.8 Å². The van der Waals surface area contributed by atoms with Crippen molar-refractivity contribution in [2.24, 2.45) is 5.41 Å². The fourth-order valence-corrected chi connectivity index (χ4v) is 2.87. The lowest BCUT2D eigenvalue weighted by atomic mass is 9.71. The third-order valence-corrected chi connectivity index (χ3v) is 4.34. The predicted molar refractivity (Wildman–Crippen MR) is 75.6 cm³/mol. The Labute approximate surface area is 119 Å². The van der Waals surface area contributed by atoms with E-state index < -0.39 is 11.0 Å². The fraction of sp³-hybridized carbons (Fsp3) is 0.562. The third-order valence-electron chi connectivity index (χ3n) is 4.34. The van der Waals surface area contributed by atoms with Crippen LogP contribution in [0.1, 0.15) is 38.3 Å². The van der Waals surface area contributed by atoms with E-state index in [9.17, 15) is 9.90 Å². The zero-order chi connectivity index (χ0) is 15.0. The quantitative estimate of drug-likeness (QED) is 0.859. The van der Waals surface area contributed by atoms with E-state index in [0.29, 0.717) is 18.8 Å². The van der Waals surface area contributed by atoms with Crippen LogP contribution >= 0.6 is 0 Å². The lowest BCUT2D eigenvalue weighted by molar-refractivity contribution is -0.172. The van der Waals surface area contributed by atoms with Crippen molar-refractivity contribution in [3.63, 3.8) is 0 Å². The number of aryl methyl sites for hydroxylation is 1. The Morgan fingerprint density at radius 2 is 2.15 bits per heavy atom. The summed E-state index contributed by atoms with van der Waals surface area (Å²) in [5.74, 6) is 0.307. The second-order valence-electron chi connectivity index (χ2n) is 5.73. The summed E-state index contributed by atoms with van der Waals surface area (Å²) in [6.45, 7) is 5.55. The normalized spacial score (nSPS) is 21.4. The van der Waals surface area contributed by atoms with E-state index in [1.807, 2.05) is 18.2 Å². The van der Waals surface area contributed by atoms with Gasteiger partial charge in [-0.05, 0) is 56.9 Å². The summed E-state index contributed by atoms with van der Waals surface area (Å²) in [6, 6.07) is 5.65. The van der Waals surface area contributed by atoms with Crippen LogP contribution in [-0.2, 0) is 21.6 Å². The van der Waals surface area contributed by atoms with Gasteiger partial charge in [0, 0.05) is 0 Å². The number of carbonyl (C=O) groups excluding carboxylic acids is 1. The molecular formula is C16H22O4. The molecule has 0 saturated heterocycles. The Morgan fingerprint density at radius 3 is 2.75 bits per heavy atom. The van der Waals surface area contributed by atoms with Crippen LogP contribution in [-0.4, -0.2) is 24.8 Å². The van der Waals surface area contributed by atoms with Crippen LogP contribution in [0, 0.1) is 5.41 Å². The summed E-state index contributed by atoms with van der Waals surface area (Å²) in [5.41, 5.74) is -0.385. The summed E-state index contributed by atoms with van der Waals surface area (Å²) in [4.78, 5) is 12.2. The van der Waals surface area contributed by atoms with Crippen molar-refractivity contribution in [1.29, 1.82) is 0 Å². The number of aliphatic hydroxyl groups is 1. The van der Waals surface area contributed by atoms with Gasteiger partial charge in [0.25, 0.3) is 0 Å². The van der Waals surface area contributed by atoms with Crippen molar-refractivity contribution in [3.8, 4) is 5.75 Å². The molecule has 0 amide bonds. The van der Waals surface area contributed by atoms with E-state index >= 15 is 0 Å². The van der Waals surface area contributed by atoms with E-state index in [1.165, 1.54) is 0 Å². The number of ether oxygens (including phenoxy) is 2. The predicted octanol–water partition coefficient (Wildman–Crippen LogP) is 2.42. The Bertz CT molecular complexity index is 521. The summed E-state index contributed by atoms with van der Waals surface area (Å²) in [6.07, 6.45) is 1.26. The Kier molecular flexibility index (Phi) is 3.78. The standard InChI is InChI=1S/C16H22O4/c1-5-20-14(17)15(2,3)16(18)9-8-11-6-7-12(19-4)10-13(11)16/h6-7,10,18H,5,8-9H2,1-4H3. The number of carbonyl (C=O) groups is 1. The number of rotatable bonds is 4. The van der Waals surface area contributed by atoms with Gasteiger partial charge in [-0.15, -0.1) is 0 Å². The first-order valence-electron chi connectivity index (χ1n) is 6.94. The first kappa shape index (κ1) is 14.9. The average Bonchev–Trinajstić information content (AvgIpc) is 2.78. The summed E-state index contributed by atoms with van der Waals surface area (Å²) < 4.78 is 10.4. The number of hydrogen-bond acceptors (Lipinski definition) is 4. The number of hydrogen-bond donors (Lipinski definition) is 1. The van der Waals surface area contributed by atoms with Gasteiger partial charge in [0.1, 0.15) is 11.4 Å². The first-order valence-corrected chi connectivity index (χ1v) is 6.94. The van der Waals surface area contributed by atoms with Crippen molar-refractivity contribution in [2.45, 2.75) is 39.2 Å². The van der Waals surface area contributed by atoms with Crippen LogP contribution in [0.15, 0.2) is 18.2 Å². The smallest absolute Gasteiger partial charge is 0.314 e. The van der Waals surface area contributed by atoms with Gasteiger partial charge in [0.15, 0.2) is 0 Å². The fourth-order valence-electron chi connectivity index (χ4n) is 2.87. The maximum Gasteiger partial charge on any atom is 0.314 e. The molecule has 1 aliphatic carbocycles. The molecule has 0 aromatic heterocycles. The van der Waals surface area contributed by atoms with Gasteiger partial charge in [0.05, 0.1) is 19.1 Å². The van der Waals surface area contributed by atoms with E-state index in [4.69, 9.17) is 9.47 Å². The molecule has 1 unspecified atom stereocenters. The molecule has 1 atom stereocenters. The molecule has 20 heavy (non-hydrogen) atoms.